The molecule has 0 saturated carbocycles. The standard InChI is InChI=1S/C14H25N3O/c1-5-15-14-13(7-6-8-16-14)11-17(4)9-10-18-12(2)3/h6-8,12H,5,9-11H2,1-4H3,(H,15,16). The van der Waals surface area contributed by atoms with E-state index in [4.69, 9.17) is 4.74 Å². The molecule has 1 aromatic heterocycles. The Kier molecular flexibility index (Phi) is 6.68. The summed E-state index contributed by atoms with van der Waals surface area (Å²) in [6, 6.07) is 4.10. The quantitative estimate of drug-likeness (QED) is 0.769. The first-order valence-corrected chi connectivity index (χ1v) is 6.61. The molecule has 0 atom stereocenters. The van der Waals surface area contributed by atoms with Crippen molar-refractivity contribution in [1.82, 2.24) is 9.88 Å². The number of hydrogen-bond acceptors (Lipinski definition) is 4. The summed E-state index contributed by atoms with van der Waals surface area (Å²) in [6.07, 6.45) is 2.12. The van der Waals surface area contributed by atoms with Crippen molar-refractivity contribution in [3.05, 3.63) is 23.9 Å². The van der Waals surface area contributed by atoms with Gasteiger partial charge in [-0.15, -0.1) is 0 Å². The molecule has 1 aromatic rings. The van der Waals surface area contributed by atoms with Crippen molar-refractivity contribution in [1.29, 1.82) is 0 Å². The monoisotopic (exact) mass is 251 g/mol. The Morgan fingerprint density at radius 2 is 2.22 bits per heavy atom. The number of aromatic nitrogens is 1. The molecule has 102 valence electrons. The predicted molar refractivity (Wildman–Crippen MR) is 75.8 cm³/mol. The van der Waals surface area contributed by atoms with E-state index in [0.717, 1.165) is 32.1 Å². The van der Waals surface area contributed by atoms with Crippen LogP contribution in [0.1, 0.15) is 26.3 Å². The molecule has 0 amide bonds. The van der Waals surface area contributed by atoms with Gasteiger partial charge in [-0.3, -0.25) is 4.90 Å². The van der Waals surface area contributed by atoms with Crippen LogP contribution >= 0.6 is 0 Å². The third-order valence-corrected chi connectivity index (χ3v) is 2.60. The van der Waals surface area contributed by atoms with Crippen molar-refractivity contribution in [2.75, 3.05) is 32.1 Å². The maximum Gasteiger partial charge on any atom is 0.130 e. The van der Waals surface area contributed by atoms with Gasteiger partial charge in [0.2, 0.25) is 0 Å². The highest BCUT2D eigenvalue weighted by atomic mass is 16.5. The van der Waals surface area contributed by atoms with Crippen LogP contribution in [0.4, 0.5) is 5.82 Å². The Labute approximate surface area is 110 Å². The lowest BCUT2D eigenvalue weighted by atomic mass is 10.2. The number of pyridine rings is 1. The molecule has 0 saturated heterocycles. The fraction of sp³-hybridized carbons (Fsp3) is 0.643. The summed E-state index contributed by atoms with van der Waals surface area (Å²) < 4.78 is 5.56. The normalized spacial score (nSPS) is 11.2. The largest absolute Gasteiger partial charge is 0.377 e. The predicted octanol–water partition coefficient (Wildman–Crippen LogP) is 2.37. The number of rotatable bonds is 8. The maximum absolute atomic E-state index is 5.56. The van der Waals surface area contributed by atoms with Gasteiger partial charge in [0, 0.05) is 31.4 Å². The number of nitrogens with one attached hydrogen (secondary N) is 1. The molecule has 0 aliphatic carbocycles. The van der Waals surface area contributed by atoms with Gasteiger partial charge in [0.15, 0.2) is 0 Å². The summed E-state index contributed by atoms with van der Waals surface area (Å²) in [6.45, 7) is 9.68. The SMILES string of the molecule is CCNc1ncccc1CN(C)CCOC(C)C. The van der Waals surface area contributed by atoms with E-state index in [2.05, 4.69) is 49.1 Å². The van der Waals surface area contributed by atoms with Gasteiger partial charge in [0.25, 0.3) is 0 Å². The van der Waals surface area contributed by atoms with Crippen LogP contribution in [0.15, 0.2) is 18.3 Å². The van der Waals surface area contributed by atoms with Crippen LogP contribution < -0.4 is 5.32 Å². The Morgan fingerprint density at radius 3 is 2.89 bits per heavy atom. The van der Waals surface area contributed by atoms with Crippen LogP contribution in [0.5, 0.6) is 0 Å². The minimum absolute atomic E-state index is 0.300. The summed E-state index contributed by atoms with van der Waals surface area (Å²) in [7, 11) is 2.10. The van der Waals surface area contributed by atoms with Gasteiger partial charge in [0.1, 0.15) is 5.82 Å². The van der Waals surface area contributed by atoms with Crippen molar-refractivity contribution >= 4 is 5.82 Å². The fourth-order valence-corrected chi connectivity index (χ4v) is 1.71. The van der Waals surface area contributed by atoms with Crippen LogP contribution in [0.25, 0.3) is 0 Å². The van der Waals surface area contributed by atoms with Crippen molar-refractivity contribution in [3.63, 3.8) is 0 Å². The lowest BCUT2D eigenvalue weighted by molar-refractivity contribution is 0.0627. The average molecular weight is 251 g/mol. The first-order chi connectivity index (χ1) is 8.63. The second-order valence-corrected chi connectivity index (χ2v) is 4.70. The lowest BCUT2D eigenvalue weighted by Crippen LogP contribution is -2.24. The van der Waals surface area contributed by atoms with E-state index < -0.39 is 0 Å². The van der Waals surface area contributed by atoms with E-state index >= 15 is 0 Å². The zero-order valence-electron chi connectivity index (χ0n) is 11.9. The third kappa shape index (κ3) is 5.47. The zero-order chi connectivity index (χ0) is 13.4. The summed E-state index contributed by atoms with van der Waals surface area (Å²) in [5.41, 5.74) is 1.23. The summed E-state index contributed by atoms with van der Waals surface area (Å²) in [5.74, 6) is 0.983. The molecule has 4 nitrogen and oxygen atoms in total. The molecule has 1 N–H and O–H groups in total. The molecule has 4 heteroatoms. The molecule has 0 spiro atoms. The maximum atomic E-state index is 5.56. The number of ether oxygens (including phenoxy) is 1. The molecule has 0 radical (unpaired) electrons. The zero-order valence-corrected chi connectivity index (χ0v) is 11.9. The lowest BCUT2D eigenvalue weighted by Gasteiger charge is -2.19. The van der Waals surface area contributed by atoms with Crippen molar-refractivity contribution in [2.45, 2.75) is 33.4 Å². The number of nitrogens with zero attached hydrogens (tertiary/aromatic N) is 2. The van der Waals surface area contributed by atoms with Gasteiger partial charge in [-0.1, -0.05) is 6.07 Å². The minimum Gasteiger partial charge on any atom is -0.377 e. The molecule has 18 heavy (non-hydrogen) atoms. The Balaban J connectivity index is 2.45. The van der Waals surface area contributed by atoms with E-state index in [1.807, 2.05) is 12.3 Å². The van der Waals surface area contributed by atoms with Crippen LogP contribution in [0, 0.1) is 0 Å². The number of anilines is 1. The van der Waals surface area contributed by atoms with Crippen LogP contribution in [0.3, 0.4) is 0 Å². The highest BCUT2D eigenvalue weighted by Crippen LogP contribution is 2.13. The van der Waals surface area contributed by atoms with Crippen LogP contribution in [-0.4, -0.2) is 42.7 Å². The molecule has 1 heterocycles. The topological polar surface area (TPSA) is 37.4 Å². The van der Waals surface area contributed by atoms with E-state index in [1.165, 1.54) is 5.56 Å². The van der Waals surface area contributed by atoms with Crippen molar-refractivity contribution < 1.29 is 4.74 Å². The molecule has 0 aliphatic rings. The smallest absolute Gasteiger partial charge is 0.130 e. The molecular weight excluding hydrogens is 226 g/mol. The Bertz CT molecular complexity index is 342. The summed E-state index contributed by atoms with van der Waals surface area (Å²) >= 11 is 0. The number of hydrogen-bond donors (Lipinski definition) is 1. The Hall–Kier alpha value is -1.13. The van der Waals surface area contributed by atoms with Gasteiger partial charge in [-0.25, -0.2) is 4.98 Å². The molecule has 0 unspecified atom stereocenters. The fourth-order valence-electron chi connectivity index (χ4n) is 1.71. The molecule has 0 aliphatic heterocycles. The first kappa shape index (κ1) is 14.9. The number of likely N-dealkylation sites (N-methyl/N-ethyl adjacent to an activating group) is 1. The molecule has 0 bridgehead atoms. The first-order valence-electron chi connectivity index (χ1n) is 6.61. The third-order valence-electron chi connectivity index (χ3n) is 2.60. The summed E-state index contributed by atoms with van der Waals surface area (Å²) in [4.78, 5) is 6.61. The van der Waals surface area contributed by atoms with Crippen molar-refractivity contribution in [2.24, 2.45) is 0 Å². The molecule has 0 aromatic carbocycles. The van der Waals surface area contributed by atoms with Crippen molar-refractivity contribution in [3.8, 4) is 0 Å². The van der Waals surface area contributed by atoms with Crippen LogP contribution in [0.2, 0.25) is 0 Å². The molecule has 1 rings (SSSR count). The van der Waals surface area contributed by atoms with Gasteiger partial charge in [-0.05, 0) is 33.9 Å². The molecule has 0 fully saturated rings. The van der Waals surface area contributed by atoms with Crippen LogP contribution in [-0.2, 0) is 11.3 Å². The van der Waals surface area contributed by atoms with Gasteiger partial charge >= 0.3 is 0 Å². The second-order valence-electron chi connectivity index (χ2n) is 4.70. The second kappa shape index (κ2) is 8.06. The van der Waals surface area contributed by atoms with Gasteiger partial charge in [0.05, 0.1) is 12.7 Å². The van der Waals surface area contributed by atoms with E-state index in [-0.39, 0.29) is 0 Å². The molecular formula is C14H25N3O. The Morgan fingerprint density at radius 1 is 1.44 bits per heavy atom. The van der Waals surface area contributed by atoms with E-state index in [9.17, 15) is 0 Å². The van der Waals surface area contributed by atoms with Gasteiger partial charge in [-0.2, -0.15) is 0 Å². The minimum atomic E-state index is 0.300. The van der Waals surface area contributed by atoms with E-state index in [1.54, 1.807) is 0 Å². The van der Waals surface area contributed by atoms with E-state index in [0.29, 0.717) is 6.10 Å². The highest BCUT2D eigenvalue weighted by Gasteiger charge is 2.06. The summed E-state index contributed by atoms with van der Waals surface area (Å²) in [5, 5.41) is 3.29. The highest BCUT2D eigenvalue weighted by molar-refractivity contribution is 5.43. The average Bonchev–Trinajstić information content (AvgIpc) is 2.31. The van der Waals surface area contributed by atoms with Gasteiger partial charge < -0.3 is 10.1 Å².